The molecule has 0 spiro atoms. The minimum absolute atomic E-state index is 0.757. The molecule has 2 N–H and O–H groups in total. The SMILES string of the molecule is COc1cc2cc(N)c(Br)cc2s1. The van der Waals surface area contributed by atoms with Crippen LogP contribution in [0.5, 0.6) is 5.06 Å². The Morgan fingerprint density at radius 2 is 2.15 bits per heavy atom. The zero-order valence-electron chi connectivity index (χ0n) is 7.00. The van der Waals surface area contributed by atoms with Gasteiger partial charge in [0.15, 0.2) is 5.06 Å². The molecular weight excluding hydrogens is 250 g/mol. The van der Waals surface area contributed by atoms with Gasteiger partial charge in [0.2, 0.25) is 0 Å². The summed E-state index contributed by atoms with van der Waals surface area (Å²) in [6.45, 7) is 0. The molecule has 68 valence electrons. The summed E-state index contributed by atoms with van der Waals surface area (Å²) in [5.41, 5.74) is 6.51. The van der Waals surface area contributed by atoms with E-state index < -0.39 is 0 Å². The fraction of sp³-hybridized carbons (Fsp3) is 0.111. The second-order valence-corrected chi connectivity index (χ2v) is 4.58. The van der Waals surface area contributed by atoms with Crippen LogP contribution in [-0.4, -0.2) is 7.11 Å². The van der Waals surface area contributed by atoms with E-state index in [4.69, 9.17) is 10.5 Å². The Labute approximate surface area is 88.4 Å². The van der Waals surface area contributed by atoms with E-state index >= 15 is 0 Å². The molecule has 0 saturated heterocycles. The third-order valence-electron chi connectivity index (χ3n) is 1.81. The predicted octanol–water partition coefficient (Wildman–Crippen LogP) is 3.25. The van der Waals surface area contributed by atoms with Crippen molar-refractivity contribution in [3.05, 3.63) is 22.7 Å². The van der Waals surface area contributed by atoms with Gasteiger partial charge in [-0.3, -0.25) is 0 Å². The summed E-state index contributed by atoms with van der Waals surface area (Å²) >= 11 is 5.00. The molecule has 0 aliphatic heterocycles. The summed E-state index contributed by atoms with van der Waals surface area (Å²) in [6.07, 6.45) is 0. The molecule has 0 saturated carbocycles. The van der Waals surface area contributed by atoms with E-state index in [9.17, 15) is 0 Å². The molecule has 2 aromatic rings. The first-order valence-electron chi connectivity index (χ1n) is 3.73. The maximum absolute atomic E-state index is 5.75. The second kappa shape index (κ2) is 3.20. The summed E-state index contributed by atoms with van der Waals surface area (Å²) in [4.78, 5) is 0. The molecule has 0 radical (unpaired) electrons. The number of thiophene rings is 1. The lowest BCUT2D eigenvalue weighted by Gasteiger charge is -1.96. The van der Waals surface area contributed by atoms with Gasteiger partial charge in [-0.05, 0) is 39.5 Å². The Bertz CT molecular complexity index is 413. The predicted molar refractivity (Wildman–Crippen MR) is 60.5 cm³/mol. The van der Waals surface area contributed by atoms with Gasteiger partial charge in [0, 0.05) is 14.9 Å². The molecule has 0 aliphatic carbocycles. The molecule has 0 bridgehead atoms. The first-order valence-corrected chi connectivity index (χ1v) is 5.34. The van der Waals surface area contributed by atoms with Gasteiger partial charge in [-0.15, -0.1) is 0 Å². The van der Waals surface area contributed by atoms with E-state index in [1.54, 1.807) is 18.4 Å². The maximum atomic E-state index is 5.75. The highest BCUT2D eigenvalue weighted by molar-refractivity contribution is 9.10. The first kappa shape index (κ1) is 8.84. The van der Waals surface area contributed by atoms with Crippen LogP contribution in [-0.2, 0) is 0 Å². The molecule has 0 unspecified atom stereocenters. The normalized spacial score (nSPS) is 10.6. The zero-order valence-corrected chi connectivity index (χ0v) is 9.41. The average Bonchev–Trinajstić information content (AvgIpc) is 2.48. The van der Waals surface area contributed by atoms with Crippen molar-refractivity contribution in [1.29, 1.82) is 0 Å². The van der Waals surface area contributed by atoms with Crippen molar-refractivity contribution in [2.24, 2.45) is 0 Å². The smallest absolute Gasteiger partial charge is 0.174 e. The Kier molecular flexibility index (Phi) is 2.17. The minimum atomic E-state index is 0.757. The molecule has 13 heavy (non-hydrogen) atoms. The van der Waals surface area contributed by atoms with Crippen LogP contribution >= 0.6 is 27.3 Å². The molecule has 0 aliphatic rings. The van der Waals surface area contributed by atoms with Crippen molar-refractivity contribution in [2.75, 3.05) is 12.8 Å². The van der Waals surface area contributed by atoms with Gasteiger partial charge < -0.3 is 10.5 Å². The molecule has 1 aromatic heterocycles. The quantitative estimate of drug-likeness (QED) is 0.797. The Balaban J connectivity index is 2.70. The number of fused-ring (bicyclic) bond motifs is 1. The van der Waals surface area contributed by atoms with Gasteiger partial charge in [-0.1, -0.05) is 11.3 Å². The number of hydrogen-bond acceptors (Lipinski definition) is 3. The van der Waals surface area contributed by atoms with Crippen molar-refractivity contribution >= 4 is 43.0 Å². The second-order valence-electron chi connectivity index (χ2n) is 2.68. The molecule has 4 heteroatoms. The van der Waals surface area contributed by atoms with Crippen LogP contribution in [0.4, 0.5) is 5.69 Å². The number of rotatable bonds is 1. The number of methoxy groups -OCH3 is 1. The van der Waals surface area contributed by atoms with Crippen molar-refractivity contribution in [1.82, 2.24) is 0 Å². The van der Waals surface area contributed by atoms with Crippen LogP contribution in [0, 0.1) is 0 Å². The van der Waals surface area contributed by atoms with E-state index in [2.05, 4.69) is 15.9 Å². The summed E-state index contributed by atoms with van der Waals surface area (Å²) in [7, 11) is 1.67. The topological polar surface area (TPSA) is 35.2 Å². The van der Waals surface area contributed by atoms with Gasteiger partial charge >= 0.3 is 0 Å². The van der Waals surface area contributed by atoms with Crippen LogP contribution in [0.1, 0.15) is 0 Å². The minimum Gasteiger partial charge on any atom is -0.487 e. The van der Waals surface area contributed by atoms with Gasteiger partial charge in [0.25, 0.3) is 0 Å². The van der Waals surface area contributed by atoms with Crippen molar-refractivity contribution < 1.29 is 4.74 Å². The Hall–Kier alpha value is -0.740. The fourth-order valence-electron chi connectivity index (χ4n) is 1.16. The lowest BCUT2D eigenvalue weighted by molar-refractivity contribution is 0.427. The monoisotopic (exact) mass is 257 g/mol. The van der Waals surface area contributed by atoms with Crippen LogP contribution < -0.4 is 10.5 Å². The molecule has 0 atom stereocenters. The van der Waals surface area contributed by atoms with E-state index in [1.165, 1.54) is 4.70 Å². The number of nitrogen functional groups attached to an aromatic ring is 1. The van der Waals surface area contributed by atoms with E-state index in [1.807, 2.05) is 18.2 Å². The Morgan fingerprint density at radius 1 is 1.38 bits per heavy atom. The molecule has 2 rings (SSSR count). The highest BCUT2D eigenvalue weighted by atomic mass is 79.9. The van der Waals surface area contributed by atoms with Crippen molar-refractivity contribution in [2.45, 2.75) is 0 Å². The van der Waals surface area contributed by atoms with Crippen LogP contribution in [0.25, 0.3) is 10.1 Å². The number of halogens is 1. The van der Waals surface area contributed by atoms with Gasteiger partial charge in [0.1, 0.15) is 0 Å². The lowest BCUT2D eigenvalue weighted by atomic mass is 10.2. The third-order valence-corrected chi connectivity index (χ3v) is 3.56. The van der Waals surface area contributed by atoms with Crippen molar-refractivity contribution in [3.63, 3.8) is 0 Å². The third kappa shape index (κ3) is 1.51. The van der Waals surface area contributed by atoms with Crippen LogP contribution in [0.2, 0.25) is 0 Å². The molecule has 1 aromatic carbocycles. The number of benzene rings is 1. The molecule has 1 heterocycles. The highest BCUT2D eigenvalue weighted by Crippen LogP contribution is 2.35. The van der Waals surface area contributed by atoms with Gasteiger partial charge in [-0.2, -0.15) is 0 Å². The lowest BCUT2D eigenvalue weighted by Crippen LogP contribution is -1.84. The largest absolute Gasteiger partial charge is 0.487 e. The summed E-state index contributed by atoms with van der Waals surface area (Å²) in [5.74, 6) is 0. The van der Waals surface area contributed by atoms with E-state index in [-0.39, 0.29) is 0 Å². The van der Waals surface area contributed by atoms with Crippen LogP contribution in [0.15, 0.2) is 22.7 Å². The van der Waals surface area contributed by atoms with Crippen LogP contribution in [0.3, 0.4) is 0 Å². The maximum Gasteiger partial charge on any atom is 0.174 e. The van der Waals surface area contributed by atoms with E-state index in [0.717, 1.165) is 20.6 Å². The standard InChI is InChI=1S/C9H8BrNOS/c1-12-9-3-5-2-7(11)6(10)4-8(5)13-9/h2-4H,11H2,1H3. The Morgan fingerprint density at radius 3 is 2.85 bits per heavy atom. The van der Waals surface area contributed by atoms with E-state index in [0.29, 0.717) is 0 Å². The number of nitrogens with two attached hydrogens (primary N) is 1. The highest BCUT2D eigenvalue weighted by Gasteiger charge is 2.04. The number of hydrogen-bond donors (Lipinski definition) is 1. The molecule has 0 amide bonds. The molecule has 2 nitrogen and oxygen atoms in total. The zero-order chi connectivity index (χ0) is 9.42. The summed E-state index contributed by atoms with van der Waals surface area (Å²) < 4.78 is 7.25. The number of anilines is 1. The van der Waals surface area contributed by atoms with Gasteiger partial charge in [-0.25, -0.2) is 0 Å². The first-order chi connectivity index (χ1) is 6.20. The summed E-state index contributed by atoms with van der Waals surface area (Å²) in [5, 5.41) is 2.04. The molecule has 0 fully saturated rings. The summed E-state index contributed by atoms with van der Waals surface area (Å²) in [6, 6.07) is 5.94. The molecular formula is C9H8BrNOS. The van der Waals surface area contributed by atoms with Crippen molar-refractivity contribution in [3.8, 4) is 5.06 Å². The van der Waals surface area contributed by atoms with Gasteiger partial charge in [0.05, 0.1) is 7.11 Å². The average molecular weight is 258 g/mol. The number of ether oxygens (including phenoxy) is 1. The fourth-order valence-corrected chi connectivity index (χ4v) is 2.55.